The Balaban J connectivity index is 1.44. The standard InChI is InChI=1S/C16H24INO/c17-15-7-9-16(10-8-15)19-14-6-2-1-3-11-18-12-4-5-13-18/h7-10H,1-6,11-14H2/p+1. The average molecular weight is 374 g/mol. The van der Waals surface area contributed by atoms with E-state index in [1.165, 1.54) is 61.7 Å². The Labute approximate surface area is 130 Å². The number of benzene rings is 1. The van der Waals surface area contributed by atoms with Crippen molar-refractivity contribution in [2.75, 3.05) is 26.2 Å². The molecule has 19 heavy (non-hydrogen) atoms. The number of ether oxygens (including phenoxy) is 1. The van der Waals surface area contributed by atoms with Gasteiger partial charge in [0.2, 0.25) is 0 Å². The van der Waals surface area contributed by atoms with Crippen molar-refractivity contribution >= 4 is 22.6 Å². The van der Waals surface area contributed by atoms with Gasteiger partial charge in [0.15, 0.2) is 0 Å². The van der Waals surface area contributed by atoms with Crippen LogP contribution in [0.3, 0.4) is 0 Å². The van der Waals surface area contributed by atoms with Crippen LogP contribution in [0.15, 0.2) is 24.3 Å². The van der Waals surface area contributed by atoms with Crippen molar-refractivity contribution in [3.05, 3.63) is 27.8 Å². The summed E-state index contributed by atoms with van der Waals surface area (Å²) in [5.74, 6) is 1.00. The molecule has 1 saturated heterocycles. The van der Waals surface area contributed by atoms with Gasteiger partial charge in [-0.15, -0.1) is 0 Å². The van der Waals surface area contributed by atoms with Crippen molar-refractivity contribution in [3.63, 3.8) is 0 Å². The highest BCUT2D eigenvalue weighted by molar-refractivity contribution is 14.1. The molecular formula is C16H25INO+. The van der Waals surface area contributed by atoms with E-state index in [1.807, 2.05) is 4.90 Å². The molecule has 1 aliphatic heterocycles. The lowest BCUT2D eigenvalue weighted by molar-refractivity contribution is -0.887. The van der Waals surface area contributed by atoms with E-state index in [2.05, 4.69) is 46.9 Å². The van der Waals surface area contributed by atoms with Crippen molar-refractivity contribution in [1.29, 1.82) is 0 Å². The molecule has 0 amide bonds. The molecule has 106 valence electrons. The SMILES string of the molecule is Ic1ccc(OCCCCCC[NH+]2CCCC2)cc1. The van der Waals surface area contributed by atoms with Crippen LogP contribution in [0.4, 0.5) is 0 Å². The summed E-state index contributed by atoms with van der Waals surface area (Å²) >= 11 is 2.31. The van der Waals surface area contributed by atoms with Crippen LogP contribution in [0, 0.1) is 3.57 Å². The van der Waals surface area contributed by atoms with E-state index in [1.54, 1.807) is 0 Å². The normalized spacial score (nSPS) is 15.8. The van der Waals surface area contributed by atoms with Crippen molar-refractivity contribution in [1.82, 2.24) is 0 Å². The third-order valence-electron chi connectivity index (χ3n) is 3.82. The fourth-order valence-electron chi connectivity index (χ4n) is 2.68. The van der Waals surface area contributed by atoms with E-state index >= 15 is 0 Å². The van der Waals surface area contributed by atoms with Crippen LogP contribution in [0.25, 0.3) is 0 Å². The van der Waals surface area contributed by atoms with Crippen LogP contribution in [-0.2, 0) is 0 Å². The molecule has 1 N–H and O–H groups in total. The molecule has 1 aliphatic rings. The quantitative estimate of drug-likeness (QED) is 0.546. The first-order chi connectivity index (χ1) is 9.34. The summed E-state index contributed by atoms with van der Waals surface area (Å²) in [5.41, 5.74) is 0. The van der Waals surface area contributed by atoms with Crippen LogP contribution in [0.1, 0.15) is 38.5 Å². The lowest BCUT2D eigenvalue weighted by Gasteiger charge is -2.11. The first-order valence-electron chi connectivity index (χ1n) is 7.56. The van der Waals surface area contributed by atoms with Gasteiger partial charge in [-0.1, -0.05) is 0 Å². The number of rotatable bonds is 8. The third kappa shape index (κ3) is 6.13. The van der Waals surface area contributed by atoms with Crippen molar-refractivity contribution in [2.45, 2.75) is 38.5 Å². The Hall–Kier alpha value is -0.290. The van der Waals surface area contributed by atoms with Crippen LogP contribution in [0.5, 0.6) is 5.75 Å². The Kier molecular flexibility index (Phi) is 6.99. The Morgan fingerprint density at radius 1 is 0.947 bits per heavy atom. The monoisotopic (exact) mass is 374 g/mol. The van der Waals surface area contributed by atoms with Gasteiger partial charge in [0.1, 0.15) is 5.75 Å². The second kappa shape index (κ2) is 8.80. The number of hydrogen-bond donors (Lipinski definition) is 1. The number of hydrogen-bond acceptors (Lipinski definition) is 1. The zero-order chi connectivity index (χ0) is 13.3. The van der Waals surface area contributed by atoms with Gasteiger partial charge in [-0.2, -0.15) is 0 Å². The van der Waals surface area contributed by atoms with Gasteiger partial charge >= 0.3 is 0 Å². The molecule has 0 spiro atoms. The molecule has 0 aliphatic carbocycles. The summed E-state index contributed by atoms with van der Waals surface area (Å²) in [6.45, 7) is 5.07. The maximum absolute atomic E-state index is 5.73. The van der Waals surface area contributed by atoms with Gasteiger partial charge in [-0.25, -0.2) is 0 Å². The maximum Gasteiger partial charge on any atom is 0.119 e. The third-order valence-corrected chi connectivity index (χ3v) is 4.54. The molecule has 0 saturated carbocycles. The van der Waals surface area contributed by atoms with Crippen molar-refractivity contribution in [2.24, 2.45) is 0 Å². The van der Waals surface area contributed by atoms with E-state index in [0.29, 0.717) is 0 Å². The van der Waals surface area contributed by atoms with Gasteiger partial charge in [-0.05, 0) is 72.5 Å². The lowest BCUT2D eigenvalue weighted by Crippen LogP contribution is -3.09. The fraction of sp³-hybridized carbons (Fsp3) is 0.625. The molecule has 0 radical (unpaired) electrons. The number of nitrogens with one attached hydrogen (secondary N) is 1. The second-order valence-electron chi connectivity index (χ2n) is 5.42. The average Bonchev–Trinajstić information content (AvgIpc) is 2.93. The van der Waals surface area contributed by atoms with Crippen LogP contribution < -0.4 is 9.64 Å². The van der Waals surface area contributed by atoms with Crippen molar-refractivity contribution in [3.8, 4) is 5.75 Å². The number of likely N-dealkylation sites (tertiary alicyclic amines) is 1. The molecule has 1 heterocycles. The molecule has 0 unspecified atom stereocenters. The molecule has 1 aromatic carbocycles. The molecular weight excluding hydrogens is 349 g/mol. The highest BCUT2D eigenvalue weighted by atomic mass is 127. The summed E-state index contributed by atoms with van der Waals surface area (Å²) in [6.07, 6.45) is 8.12. The van der Waals surface area contributed by atoms with E-state index in [-0.39, 0.29) is 0 Å². The van der Waals surface area contributed by atoms with Crippen LogP contribution >= 0.6 is 22.6 Å². The molecule has 0 atom stereocenters. The summed E-state index contributed by atoms with van der Waals surface area (Å²) < 4.78 is 6.99. The minimum absolute atomic E-state index is 0.858. The predicted molar refractivity (Wildman–Crippen MR) is 87.9 cm³/mol. The van der Waals surface area contributed by atoms with E-state index in [9.17, 15) is 0 Å². The van der Waals surface area contributed by atoms with E-state index in [4.69, 9.17) is 4.74 Å². The summed E-state index contributed by atoms with van der Waals surface area (Å²) in [6, 6.07) is 8.29. The zero-order valence-corrected chi connectivity index (χ0v) is 13.8. The summed E-state index contributed by atoms with van der Waals surface area (Å²) in [5, 5.41) is 0. The number of halogens is 1. The van der Waals surface area contributed by atoms with Gasteiger partial charge in [0, 0.05) is 16.4 Å². The summed E-state index contributed by atoms with van der Waals surface area (Å²) in [7, 11) is 0. The summed E-state index contributed by atoms with van der Waals surface area (Å²) in [4.78, 5) is 1.83. The number of unbranched alkanes of at least 4 members (excludes halogenated alkanes) is 3. The number of quaternary nitrogens is 1. The topological polar surface area (TPSA) is 13.7 Å². The maximum atomic E-state index is 5.73. The lowest BCUT2D eigenvalue weighted by atomic mass is 10.2. The Morgan fingerprint density at radius 3 is 2.37 bits per heavy atom. The molecule has 0 aromatic heterocycles. The zero-order valence-electron chi connectivity index (χ0n) is 11.7. The van der Waals surface area contributed by atoms with Gasteiger partial charge in [0.05, 0.1) is 26.2 Å². The fourth-order valence-corrected chi connectivity index (χ4v) is 3.04. The highest BCUT2D eigenvalue weighted by Crippen LogP contribution is 2.14. The van der Waals surface area contributed by atoms with E-state index < -0.39 is 0 Å². The smallest absolute Gasteiger partial charge is 0.119 e. The highest BCUT2D eigenvalue weighted by Gasteiger charge is 2.13. The second-order valence-corrected chi connectivity index (χ2v) is 6.67. The van der Waals surface area contributed by atoms with E-state index in [0.717, 1.165) is 12.4 Å². The molecule has 0 bridgehead atoms. The van der Waals surface area contributed by atoms with Gasteiger partial charge < -0.3 is 9.64 Å². The van der Waals surface area contributed by atoms with Crippen LogP contribution in [-0.4, -0.2) is 26.2 Å². The van der Waals surface area contributed by atoms with Crippen molar-refractivity contribution < 1.29 is 9.64 Å². The largest absolute Gasteiger partial charge is 0.494 e. The molecule has 1 fully saturated rings. The first-order valence-corrected chi connectivity index (χ1v) is 8.64. The predicted octanol–water partition coefficient (Wildman–Crippen LogP) is 2.91. The first kappa shape index (κ1) is 15.1. The minimum atomic E-state index is 0.858. The van der Waals surface area contributed by atoms with Gasteiger partial charge in [0.25, 0.3) is 0 Å². The Bertz CT molecular complexity index is 346. The molecule has 3 heteroatoms. The van der Waals surface area contributed by atoms with Gasteiger partial charge in [-0.3, -0.25) is 0 Å². The molecule has 1 aromatic rings. The molecule has 2 nitrogen and oxygen atoms in total. The molecule has 2 rings (SSSR count). The minimum Gasteiger partial charge on any atom is -0.494 e. The van der Waals surface area contributed by atoms with Crippen LogP contribution in [0.2, 0.25) is 0 Å². The Morgan fingerprint density at radius 2 is 1.63 bits per heavy atom.